The average molecular weight is 253 g/mol. The molecule has 4 nitrogen and oxygen atoms in total. The Labute approximate surface area is 110 Å². The number of nitrogens with zero attached hydrogens (tertiary/aromatic N) is 2. The molecule has 1 heterocycles. The van der Waals surface area contributed by atoms with Gasteiger partial charge in [-0.3, -0.25) is 9.69 Å². The number of likely N-dealkylation sites (N-methyl/N-ethyl adjacent to an activating group) is 1. The van der Waals surface area contributed by atoms with Crippen LogP contribution in [-0.2, 0) is 4.79 Å². The Hall–Kier alpha value is -0.610. The molecule has 1 saturated carbocycles. The predicted molar refractivity (Wildman–Crippen MR) is 73.3 cm³/mol. The van der Waals surface area contributed by atoms with Crippen LogP contribution in [0, 0.1) is 0 Å². The Kier molecular flexibility index (Phi) is 3.97. The number of piperazine rings is 1. The third kappa shape index (κ3) is 2.41. The summed E-state index contributed by atoms with van der Waals surface area (Å²) in [5.41, 5.74) is 5.71. The van der Waals surface area contributed by atoms with E-state index in [0.29, 0.717) is 12.6 Å². The minimum Gasteiger partial charge on any atom is -0.332 e. The van der Waals surface area contributed by atoms with E-state index in [1.165, 1.54) is 19.3 Å². The largest absolute Gasteiger partial charge is 0.332 e. The Morgan fingerprint density at radius 1 is 1.28 bits per heavy atom. The fraction of sp³-hybridized carbons (Fsp3) is 0.929. The van der Waals surface area contributed by atoms with E-state index in [4.69, 9.17) is 5.73 Å². The maximum atomic E-state index is 12.7. The van der Waals surface area contributed by atoms with Gasteiger partial charge in [-0.05, 0) is 33.7 Å². The van der Waals surface area contributed by atoms with Gasteiger partial charge in [0.05, 0.1) is 5.54 Å². The van der Waals surface area contributed by atoms with Crippen LogP contribution in [0.15, 0.2) is 0 Å². The van der Waals surface area contributed by atoms with Crippen molar-refractivity contribution in [2.24, 2.45) is 5.73 Å². The van der Waals surface area contributed by atoms with Gasteiger partial charge >= 0.3 is 0 Å². The van der Waals surface area contributed by atoms with Crippen LogP contribution in [0.25, 0.3) is 0 Å². The quantitative estimate of drug-likeness (QED) is 0.804. The molecule has 1 aliphatic heterocycles. The van der Waals surface area contributed by atoms with Gasteiger partial charge in [0.15, 0.2) is 0 Å². The second-order valence-electron chi connectivity index (χ2n) is 6.48. The Balaban J connectivity index is 2.21. The van der Waals surface area contributed by atoms with Crippen LogP contribution < -0.4 is 5.73 Å². The van der Waals surface area contributed by atoms with E-state index < -0.39 is 0 Å². The lowest BCUT2D eigenvalue weighted by Gasteiger charge is -2.53. The van der Waals surface area contributed by atoms with Gasteiger partial charge in [-0.15, -0.1) is 0 Å². The van der Waals surface area contributed by atoms with E-state index in [1.807, 2.05) is 7.05 Å². The first-order valence-electron chi connectivity index (χ1n) is 7.21. The summed E-state index contributed by atoms with van der Waals surface area (Å²) in [5, 5.41) is 0. The standard InChI is InChI=1S/C14H27N3O/c1-14(2)10-16(3)12(9-15)13(18)17(14)11-7-5-4-6-8-11/h11-12H,4-10,15H2,1-3H3. The molecule has 104 valence electrons. The van der Waals surface area contributed by atoms with Crippen molar-refractivity contribution in [3.63, 3.8) is 0 Å². The number of rotatable bonds is 2. The van der Waals surface area contributed by atoms with Crippen molar-refractivity contribution < 1.29 is 4.79 Å². The molecule has 1 amide bonds. The van der Waals surface area contributed by atoms with Gasteiger partial charge in [0, 0.05) is 19.1 Å². The number of nitrogens with two attached hydrogens (primary N) is 1. The highest BCUT2D eigenvalue weighted by Gasteiger charge is 2.45. The second kappa shape index (κ2) is 5.17. The molecular weight excluding hydrogens is 226 g/mol. The molecule has 0 aromatic rings. The Bertz CT molecular complexity index is 310. The highest BCUT2D eigenvalue weighted by molar-refractivity contribution is 5.84. The third-order valence-electron chi connectivity index (χ3n) is 4.51. The summed E-state index contributed by atoms with van der Waals surface area (Å²) < 4.78 is 0. The summed E-state index contributed by atoms with van der Waals surface area (Å²) in [6.07, 6.45) is 6.16. The topological polar surface area (TPSA) is 49.6 Å². The van der Waals surface area contributed by atoms with Crippen LogP contribution in [0.4, 0.5) is 0 Å². The fourth-order valence-corrected chi connectivity index (χ4v) is 3.74. The first-order chi connectivity index (χ1) is 8.47. The van der Waals surface area contributed by atoms with Crippen LogP contribution >= 0.6 is 0 Å². The zero-order chi connectivity index (χ0) is 13.3. The molecule has 1 unspecified atom stereocenters. The number of carbonyl (C=O) groups is 1. The zero-order valence-electron chi connectivity index (χ0n) is 12.0. The molecule has 0 radical (unpaired) electrons. The van der Waals surface area contributed by atoms with Crippen molar-refractivity contribution in [3.8, 4) is 0 Å². The van der Waals surface area contributed by atoms with Gasteiger partial charge in [0.1, 0.15) is 6.04 Å². The van der Waals surface area contributed by atoms with Crippen LogP contribution in [0.2, 0.25) is 0 Å². The molecule has 0 spiro atoms. The summed E-state index contributed by atoms with van der Waals surface area (Å²) in [6.45, 7) is 5.71. The van der Waals surface area contributed by atoms with Gasteiger partial charge in [0.25, 0.3) is 0 Å². The van der Waals surface area contributed by atoms with E-state index in [0.717, 1.165) is 19.4 Å². The molecule has 0 aromatic carbocycles. The third-order valence-corrected chi connectivity index (χ3v) is 4.51. The molecule has 2 fully saturated rings. The first kappa shape index (κ1) is 13.8. The van der Waals surface area contributed by atoms with Crippen molar-refractivity contribution >= 4 is 5.91 Å². The SMILES string of the molecule is CN1CC(C)(C)N(C2CCCCC2)C(=O)C1CN. The minimum atomic E-state index is -0.125. The van der Waals surface area contributed by atoms with Crippen LogP contribution in [0.3, 0.4) is 0 Å². The normalized spacial score (nSPS) is 30.8. The van der Waals surface area contributed by atoms with Crippen LogP contribution in [0.5, 0.6) is 0 Å². The van der Waals surface area contributed by atoms with Gasteiger partial charge in [0.2, 0.25) is 5.91 Å². The van der Waals surface area contributed by atoms with Crippen molar-refractivity contribution in [3.05, 3.63) is 0 Å². The molecule has 0 aromatic heterocycles. The maximum Gasteiger partial charge on any atom is 0.241 e. The van der Waals surface area contributed by atoms with Gasteiger partial charge in [-0.25, -0.2) is 0 Å². The zero-order valence-corrected chi connectivity index (χ0v) is 12.0. The molecule has 1 aliphatic carbocycles. The van der Waals surface area contributed by atoms with Gasteiger partial charge in [-0.1, -0.05) is 19.3 Å². The van der Waals surface area contributed by atoms with E-state index in [2.05, 4.69) is 23.6 Å². The lowest BCUT2D eigenvalue weighted by atomic mass is 9.87. The van der Waals surface area contributed by atoms with Gasteiger partial charge < -0.3 is 10.6 Å². The molecule has 1 saturated heterocycles. The maximum absolute atomic E-state index is 12.7. The predicted octanol–water partition coefficient (Wildman–Crippen LogP) is 1.20. The second-order valence-corrected chi connectivity index (χ2v) is 6.48. The summed E-state index contributed by atoms with van der Waals surface area (Å²) >= 11 is 0. The number of carbonyl (C=O) groups excluding carboxylic acids is 1. The first-order valence-corrected chi connectivity index (χ1v) is 7.21. The Morgan fingerprint density at radius 2 is 1.89 bits per heavy atom. The highest BCUT2D eigenvalue weighted by atomic mass is 16.2. The van der Waals surface area contributed by atoms with Crippen molar-refractivity contribution in [2.75, 3.05) is 20.1 Å². The number of hydrogen-bond acceptors (Lipinski definition) is 3. The molecule has 2 N–H and O–H groups in total. The lowest BCUT2D eigenvalue weighted by Crippen LogP contribution is -2.69. The number of hydrogen-bond donors (Lipinski definition) is 1. The van der Waals surface area contributed by atoms with Crippen molar-refractivity contribution in [1.29, 1.82) is 0 Å². The van der Waals surface area contributed by atoms with E-state index >= 15 is 0 Å². The summed E-state index contributed by atoms with van der Waals surface area (Å²) in [6, 6.07) is 0.309. The number of amides is 1. The minimum absolute atomic E-state index is 0.0699. The fourth-order valence-electron chi connectivity index (χ4n) is 3.74. The summed E-state index contributed by atoms with van der Waals surface area (Å²) in [5.74, 6) is 0.239. The average Bonchev–Trinajstić information content (AvgIpc) is 2.29. The molecule has 0 bridgehead atoms. The summed E-state index contributed by atoms with van der Waals surface area (Å²) in [7, 11) is 2.01. The van der Waals surface area contributed by atoms with Crippen LogP contribution in [-0.4, -0.2) is 53.5 Å². The summed E-state index contributed by atoms with van der Waals surface area (Å²) in [4.78, 5) is 17.0. The molecular formula is C14H27N3O. The van der Waals surface area contributed by atoms with Crippen molar-refractivity contribution in [2.45, 2.75) is 63.6 Å². The van der Waals surface area contributed by atoms with Crippen LogP contribution in [0.1, 0.15) is 46.0 Å². The van der Waals surface area contributed by atoms with Crippen molar-refractivity contribution in [1.82, 2.24) is 9.80 Å². The van der Waals surface area contributed by atoms with E-state index in [1.54, 1.807) is 0 Å². The highest BCUT2D eigenvalue weighted by Crippen LogP contribution is 2.32. The smallest absolute Gasteiger partial charge is 0.241 e. The monoisotopic (exact) mass is 253 g/mol. The van der Waals surface area contributed by atoms with Gasteiger partial charge in [-0.2, -0.15) is 0 Å². The Morgan fingerprint density at radius 3 is 2.44 bits per heavy atom. The molecule has 18 heavy (non-hydrogen) atoms. The lowest BCUT2D eigenvalue weighted by molar-refractivity contribution is -0.155. The molecule has 1 atom stereocenters. The van der Waals surface area contributed by atoms with E-state index in [9.17, 15) is 4.79 Å². The molecule has 4 heteroatoms. The molecule has 2 rings (SSSR count). The van der Waals surface area contributed by atoms with E-state index in [-0.39, 0.29) is 17.5 Å². The molecule has 2 aliphatic rings.